The van der Waals surface area contributed by atoms with Crippen LogP contribution in [0.4, 0.5) is 0 Å². The second-order valence-corrected chi connectivity index (χ2v) is 5.47. The lowest BCUT2D eigenvalue weighted by Gasteiger charge is -2.09. The summed E-state index contributed by atoms with van der Waals surface area (Å²) in [6.07, 6.45) is 1.06. The van der Waals surface area contributed by atoms with Gasteiger partial charge in [-0.2, -0.15) is 0 Å². The maximum absolute atomic E-state index is 12.0. The fourth-order valence-electron chi connectivity index (χ4n) is 2.14. The number of rotatable bonds is 7. The molecule has 1 N–H and O–H groups in total. The molecule has 0 aliphatic rings. The highest BCUT2D eigenvalue weighted by molar-refractivity contribution is 5.94. The van der Waals surface area contributed by atoms with Gasteiger partial charge in [0.05, 0.1) is 6.10 Å². The Morgan fingerprint density at radius 1 is 1.00 bits per heavy atom. The van der Waals surface area contributed by atoms with Crippen molar-refractivity contribution in [1.82, 2.24) is 5.32 Å². The van der Waals surface area contributed by atoms with Crippen molar-refractivity contribution in [2.75, 3.05) is 13.2 Å². The van der Waals surface area contributed by atoms with Crippen LogP contribution in [-0.2, 0) is 4.74 Å². The molecule has 0 saturated heterocycles. The molecule has 22 heavy (non-hydrogen) atoms. The Labute approximate surface area is 132 Å². The third-order valence-electron chi connectivity index (χ3n) is 3.31. The van der Waals surface area contributed by atoms with Crippen molar-refractivity contribution in [2.45, 2.75) is 26.4 Å². The number of carbonyl (C=O) groups excluding carboxylic acids is 1. The predicted octanol–water partition coefficient (Wildman–Crippen LogP) is 3.90. The molecule has 0 fully saturated rings. The van der Waals surface area contributed by atoms with Gasteiger partial charge in [0.15, 0.2) is 0 Å². The van der Waals surface area contributed by atoms with Gasteiger partial charge in [0.2, 0.25) is 0 Å². The van der Waals surface area contributed by atoms with E-state index in [0.717, 1.165) is 17.5 Å². The molecule has 0 aliphatic heterocycles. The fraction of sp³-hybridized carbons (Fsp3) is 0.316. The van der Waals surface area contributed by atoms with Gasteiger partial charge in [-0.15, -0.1) is 0 Å². The van der Waals surface area contributed by atoms with Crippen molar-refractivity contribution in [2.24, 2.45) is 0 Å². The summed E-state index contributed by atoms with van der Waals surface area (Å²) in [4.78, 5) is 12.0. The molecule has 2 rings (SSSR count). The van der Waals surface area contributed by atoms with Crippen molar-refractivity contribution in [3.63, 3.8) is 0 Å². The second-order valence-electron chi connectivity index (χ2n) is 5.47. The highest BCUT2D eigenvalue weighted by atomic mass is 16.5. The van der Waals surface area contributed by atoms with Crippen LogP contribution in [0.25, 0.3) is 11.1 Å². The van der Waals surface area contributed by atoms with Crippen molar-refractivity contribution < 1.29 is 9.53 Å². The number of benzene rings is 2. The summed E-state index contributed by atoms with van der Waals surface area (Å²) in [6.45, 7) is 5.32. The maximum Gasteiger partial charge on any atom is 0.251 e. The van der Waals surface area contributed by atoms with Crippen LogP contribution in [0.5, 0.6) is 0 Å². The van der Waals surface area contributed by atoms with Crippen molar-refractivity contribution in [1.29, 1.82) is 0 Å². The van der Waals surface area contributed by atoms with Crippen LogP contribution in [0, 0.1) is 0 Å². The Kier molecular flexibility index (Phi) is 6.16. The number of amides is 1. The van der Waals surface area contributed by atoms with Crippen LogP contribution in [0.3, 0.4) is 0 Å². The van der Waals surface area contributed by atoms with Gasteiger partial charge in [-0.05, 0) is 43.5 Å². The minimum Gasteiger partial charge on any atom is -0.379 e. The molecule has 1 amide bonds. The SMILES string of the molecule is CC(C)OCCCNC(=O)c1ccc(-c2ccccc2)cc1. The van der Waals surface area contributed by atoms with Gasteiger partial charge in [-0.1, -0.05) is 42.5 Å². The number of hydrogen-bond donors (Lipinski definition) is 1. The van der Waals surface area contributed by atoms with Gasteiger partial charge in [-0.25, -0.2) is 0 Å². The normalized spacial score (nSPS) is 10.7. The van der Waals surface area contributed by atoms with Gasteiger partial charge in [0.1, 0.15) is 0 Å². The zero-order valence-corrected chi connectivity index (χ0v) is 13.2. The molecule has 3 nitrogen and oxygen atoms in total. The Balaban J connectivity index is 1.84. The summed E-state index contributed by atoms with van der Waals surface area (Å²) in [5.41, 5.74) is 2.95. The molecule has 116 valence electrons. The van der Waals surface area contributed by atoms with E-state index in [2.05, 4.69) is 17.4 Å². The molecule has 2 aromatic rings. The van der Waals surface area contributed by atoms with Crippen molar-refractivity contribution in [3.05, 3.63) is 60.2 Å². The van der Waals surface area contributed by atoms with E-state index in [1.54, 1.807) is 0 Å². The predicted molar refractivity (Wildman–Crippen MR) is 89.9 cm³/mol. The van der Waals surface area contributed by atoms with Gasteiger partial charge in [-0.3, -0.25) is 4.79 Å². The maximum atomic E-state index is 12.0. The van der Waals surface area contributed by atoms with Crippen LogP contribution in [0.1, 0.15) is 30.6 Å². The minimum atomic E-state index is -0.0378. The van der Waals surface area contributed by atoms with E-state index in [-0.39, 0.29) is 12.0 Å². The van der Waals surface area contributed by atoms with E-state index in [0.29, 0.717) is 18.7 Å². The Bertz CT molecular complexity index is 576. The first-order valence-electron chi connectivity index (χ1n) is 7.72. The smallest absolute Gasteiger partial charge is 0.251 e. The monoisotopic (exact) mass is 297 g/mol. The summed E-state index contributed by atoms with van der Waals surface area (Å²) >= 11 is 0. The lowest BCUT2D eigenvalue weighted by Crippen LogP contribution is -2.25. The summed E-state index contributed by atoms with van der Waals surface area (Å²) in [7, 11) is 0. The standard InChI is InChI=1S/C19H23NO2/c1-15(2)22-14-6-13-20-19(21)18-11-9-17(10-12-18)16-7-4-3-5-8-16/h3-5,7-12,15H,6,13-14H2,1-2H3,(H,20,21). The molecule has 0 bridgehead atoms. The van der Waals surface area contributed by atoms with Crippen LogP contribution < -0.4 is 5.32 Å². The zero-order chi connectivity index (χ0) is 15.8. The largest absolute Gasteiger partial charge is 0.379 e. The van der Waals surface area contributed by atoms with Crippen molar-refractivity contribution >= 4 is 5.91 Å². The number of ether oxygens (including phenoxy) is 1. The number of carbonyl (C=O) groups is 1. The van der Waals surface area contributed by atoms with Gasteiger partial charge in [0.25, 0.3) is 5.91 Å². The van der Waals surface area contributed by atoms with E-state index < -0.39 is 0 Å². The van der Waals surface area contributed by atoms with E-state index >= 15 is 0 Å². The molecule has 0 aromatic heterocycles. The Morgan fingerprint density at radius 3 is 2.27 bits per heavy atom. The molecule has 0 heterocycles. The first-order valence-corrected chi connectivity index (χ1v) is 7.72. The number of hydrogen-bond acceptors (Lipinski definition) is 2. The summed E-state index contributed by atoms with van der Waals surface area (Å²) in [5.74, 6) is -0.0378. The van der Waals surface area contributed by atoms with Crippen LogP contribution >= 0.6 is 0 Å². The Hall–Kier alpha value is -2.13. The van der Waals surface area contributed by atoms with Crippen LogP contribution in [0.15, 0.2) is 54.6 Å². The third kappa shape index (κ3) is 5.01. The summed E-state index contributed by atoms with van der Waals surface area (Å²) < 4.78 is 5.44. The topological polar surface area (TPSA) is 38.3 Å². The molecule has 0 radical (unpaired) electrons. The lowest BCUT2D eigenvalue weighted by atomic mass is 10.0. The third-order valence-corrected chi connectivity index (χ3v) is 3.31. The molecule has 0 spiro atoms. The zero-order valence-electron chi connectivity index (χ0n) is 13.2. The molecular formula is C19H23NO2. The fourth-order valence-corrected chi connectivity index (χ4v) is 2.14. The van der Waals surface area contributed by atoms with Gasteiger partial charge < -0.3 is 10.1 Å². The molecule has 0 atom stereocenters. The molecule has 0 unspecified atom stereocenters. The first-order chi connectivity index (χ1) is 10.7. The summed E-state index contributed by atoms with van der Waals surface area (Å²) in [6, 6.07) is 17.8. The minimum absolute atomic E-state index is 0.0378. The quantitative estimate of drug-likeness (QED) is 0.787. The summed E-state index contributed by atoms with van der Waals surface area (Å²) in [5, 5.41) is 2.91. The van der Waals surface area contributed by atoms with Crippen molar-refractivity contribution in [3.8, 4) is 11.1 Å². The lowest BCUT2D eigenvalue weighted by molar-refractivity contribution is 0.0757. The van der Waals surface area contributed by atoms with Crippen LogP contribution in [0.2, 0.25) is 0 Å². The molecule has 3 heteroatoms. The second kappa shape index (κ2) is 8.35. The van der Waals surface area contributed by atoms with Gasteiger partial charge in [0, 0.05) is 18.7 Å². The average molecular weight is 297 g/mol. The highest BCUT2D eigenvalue weighted by Crippen LogP contribution is 2.19. The van der Waals surface area contributed by atoms with E-state index in [1.807, 2.05) is 56.3 Å². The number of nitrogens with one attached hydrogen (secondary N) is 1. The molecule has 0 saturated carbocycles. The molecule has 0 aliphatic carbocycles. The van der Waals surface area contributed by atoms with E-state index in [4.69, 9.17) is 4.74 Å². The van der Waals surface area contributed by atoms with E-state index in [1.165, 1.54) is 0 Å². The molecular weight excluding hydrogens is 274 g/mol. The first kappa shape index (κ1) is 16.2. The van der Waals surface area contributed by atoms with Crippen LogP contribution in [-0.4, -0.2) is 25.2 Å². The van der Waals surface area contributed by atoms with Gasteiger partial charge >= 0.3 is 0 Å². The average Bonchev–Trinajstić information content (AvgIpc) is 2.55. The highest BCUT2D eigenvalue weighted by Gasteiger charge is 2.05. The Morgan fingerprint density at radius 2 is 1.64 bits per heavy atom. The molecule has 2 aromatic carbocycles. The van der Waals surface area contributed by atoms with E-state index in [9.17, 15) is 4.79 Å².